The first-order valence-corrected chi connectivity index (χ1v) is 6.80. The second-order valence-electron chi connectivity index (χ2n) is 4.14. The predicted molar refractivity (Wildman–Crippen MR) is 76.3 cm³/mol. The second kappa shape index (κ2) is 5.83. The van der Waals surface area contributed by atoms with Gasteiger partial charge in [0.15, 0.2) is 11.0 Å². The fourth-order valence-corrected chi connectivity index (χ4v) is 2.88. The Kier molecular flexibility index (Phi) is 4.14. The fourth-order valence-electron chi connectivity index (χ4n) is 1.74. The Bertz CT molecular complexity index is 704. The molecule has 0 fully saturated rings. The van der Waals surface area contributed by atoms with E-state index in [9.17, 15) is 4.79 Å². The van der Waals surface area contributed by atoms with E-state index in [-0.39, 0.29) is 11.5 Å². The molecule has 2 aromatic rings. The molecule has 0 atom stereocenters. The van der Waals surface area contributed by atoms with E-state index in [1.54, 1.807) is 6.07 Å². The molecule has 0 aliphatic carbocycles. The maximum Gasteiger partial charge on any atom is 0.343 e. The molecule has 0 saturated heterocycles. The first kappa shape index (κ1) is 14.2. The molecule has 0 spiro atoms. The number of nitrogens with one attached hydrogen (secondary N) is 1. The van der Waals surface area contributed by atoms with Crippen molar-refractivity contribution in [3.63, 3.8) is 0 Å². The summed E-state index contributed by atoms with van der Waals surface area (Å²) in [5, 5.41) is 18.8. The lowest BCUT2D eigenvalue weighted by molar-refractivity contribution is 0.318. The molecule has 0 aliphatic heterocycles. The number of aryl methyl sites for hydroxylation is 1. The molecule has 4 N–H and O–H groups in total. The third-order valence-corrected chi connectivity index (χ3v) is 3.81. The number of benzene rings is 1. The van der Waals surface area contributed by atoms with Crippen LogP contribution in [0, 0.1) is 6.92 Å². The fraction of sp³-hybridized carbons (Fsp3) is 0.250. The first-order chi connectivity index (χ1) is 9.56. The quantitative estimate of drug-likeness (QED) is 0.339. The van der Waals surface area contributed by atoms with Crippen LogP contribution >= 0.6 is 11.8 Å². The van der Waals surface area contributed by atoms with Crippen molar-refractivity contribution >= 4 is 17.6 Å². The van der Waals surface area contributed by atoms with Crippen LogP contribution in [0.25, 0.3) is 0 Å². The lowest BCUT2D eigenvalue weighted by Gasteiger charge is -2.08. The minimum atomic E-state index is -0.256. The third kappa shape index (κ3) is 2.69. The molecule has 0 aliphatic rings. The summed E-state index contributed by atoms with van der Waals surface area (Å²) in [6, 6.07) is 5.54. The number of nitrogens with zero attached hydrogens (tertiary/aromatic N) is 3. The molecule has 7 nitrogen and oxygen atoms in total. The molecular weight excluding hydrogens is 278 g/mol. The summed E-state index contributed by atoms with van der Waals surface area (Å²) in [6.45, 7) is 4.32. The molecule has 0 bridgehead atoms. The van der Waals surface area contributed by atoms with E-state index >= 15 is 0 Å². The van der Waals surface area contributed by atoms with Crippen LogP contribution in [0.1, 0.15) is 18.1 Å². The van der Waals surface area contributed by atoms with Crippen molar-refractivity contribution in [1.29, 1.82) is 0 Å². The molecular formula is C12H15N5O2S. The molecule has 0 unspecified atom stereocenters. The van der Waals surface area contributed by atoms with Crippen LogP contribution in [0.4, 0.5) is 0 Å². The van der Waals surface area contributed by atoms with Gasteiger partial charge in [0.2, 0.25) is 0 Å². The summed E-state index contributed by atoms with van der Waals surface area (Å²) >= 11 is 1.29. The Morgan fingerprint density at radius 1 is 1.60 bits per heavy atom. The average Bonchev–Trinajstić information content (AvgIpc) is 2.78. The molecule has 20 heavy (non-hydrogen) atoms. The largest absolute Gasteiger partial charge is 0.409 e. The number of H-pyrrole nitrogens is 1. The number of nitrogens with two attached hydrogens (primary N) is 1. The van der Waals surface area contributed by atoms with Gasteiger partial charge in [0.25, 0.3) is 0 Å². The van der Waals surface area contributed by atoms with Crippen molar-refractivity contribution < 1.29 is 5.21 Å². The summed E-state index contributed by atoms with van der Waals surface area (Å²) in [5.74, 6) is 0.0217. The average molecular weight is 293 g/mol. The minimum Gasteiger partial charge on any atom is -0.409 e. The van der Waals surface area contributed by atoms with Crippen LogP contribution in [0.5, 0.6) is 0 Å². The van der Waals surface area contributed by atoms with Gasteiger partial charge in [0, 0.05) is 17.0 Å². The van der Waals surface area contributed by atoms with Crippen molar-refractivity contribution in [2.24, 2.45) is 10.9 Å². The van der Waals surface area contributed by atoms with Crippen LogP contribution in [0.3, 0.4) is 0 Å². The zero-order chi connectivity index (χ0) is 14.7. The van der Waals surface area contributed by atoms with Crippen molar-refractivity contribution in [2.75, 3.05) is 0 Å². The topological polar surface area (TPSA) is 109 Å². The zero-order valence-corrected chi connectivity index (χ0v) is 11.9. The Labute approximate surface area is 119 Å². The van der Waals surface area contributed by atoms with Gasteiger partial charge in [-0.2, -0.15) is 0 Å². The van der Waals surface area contributed by atoms with Crippen molar-refractivity contribution in [1.82, 2.24) is 14.8 Å². The highest BCUT2D eigenvalue weighted by molar-refractivity contribution is 7.99. The summed E-state index contributed by atoms with van der Waals surface area (Å²) in [4.78, 5) is 12.3. The maximum absolute atomic E-state index is 11.5. The van der Waals surface area contributed by atoms with E-state index in [1.807, 2.05) is 26.0 Å². The number of aromatic amines is 1. The summed E-state index contributed by atoms with van der Waals surface area (Å²) in [6.07, 6.45) is 0. The number of rotatable bonds is 4. The van der Waals surface area contributed by atoms with Gasteiger partial charge < -0.3 is 10.9 Å². The van der Waals surface area contributed by atoms with Gasteiger partial charge in [0.1, 0.15) is 0 Å². The van der Waals surface area contributed by atoms with Crippen molar-refractivity contribution in [3.05, 3.63) is 39.8 Å². The van der Waals surface area contributed by atoms with Crippen LogP contribution in [0.15, 0.2) is 38.2 Å². The molecule has 0 radical (unpaired) electrons. The maximum atomic E-state index is 11.5. The summed E-state index contributed by atoms with van der Waals surface area (Å²) < 4.78 is 1.52. The highest BCUT2D eigenvalue weighted by atomic mass is 32.2. The van der Waals surface area contributed by atoms with Crippen molar-refractivity contribution in [3.8, 4) is 0 Å². The molecule has 106 valence electrons. The van der Waals surface area contributed by atoms with Gasteiger partial charge in [-0.3, -0.25) is 4.57 Å². The van der Waals surface area contributed by atoms with Crippen molar-refractivity contribution in [2.45, 2.75) is 30.4 Å². The first-order valence-electron chi connectivity index (χ1n) is 5.98. The highest BCUT2D eigenvalue weighted by Gasteiger charge is 2.13. The Hall–Kier alpha value is -2.22. The van der Waals surface area contributed by atoms with Crippen LogP contribution in [0.2, 0.25) is 0 Å². The highest BCUT2D eigenvalue weighted by Crippen LogP contribution is 2.29. The number of hydrogen-bond acceptors (Lipinski definition) is 5. The van der Waals surface area contributed by atoms with Gasteiger partial charge >= 0.3 is 5.69 Å². The van der Waals surface area contributed by atoms with Gasteiger partial charge in [-0.05, 0) is 43.3 Å². The standard InChI is InChI=1S/C12H15N5O2S/c1-3-17-11(18)14-15-12(17)20-9-6-7(2)4-5-8(9)10(13)16-19/h4-6,19H,3H2,1-2H3,(H2,13,16)(H,14,18). The van der Waals surface area contributed by atoms with Crippen LogP contribution in [-0.2, 0) is 6.54 Å². The second-order valence-corrected chi connectivity index (χ2v) is 5.15. The van der Waals surface area contributed by atoms with E-state index in [0.717, 1.165) is 10.5 Å². The summed E-state index contributed by atoms with van der Waals surface area (Å²) in [5.41, 5.74) is 7.04. The molecule has 1 aromatic carbocycles. The van der Waals surface area contributed by atoms with Gasteiger partial charge in [-0.1, -0.05) is 11.2 Å². The van der Waals surface area contributed by atoms with Gasteiger partial charge in [-0.25, -0.2) is 9.89 Å². The van der Waals surface area contributed by atoms with E-state index in [2.05, 4.69) is 15.4 Å². The molecule has 1 heterocycles. The minimum absolute atomic E-state index is 0.0217. The predicted octanol–water partition coefficient (Wildman–Crippen LogP) is 1.15. The number of amidine groups is 1. The van der Waals surface area contributed by atoms with Crippen LogP contribution in [-0.4, -0.2) is 25.8 Å². The number of oxime groups is 1. The zero-order valence-electron chi connectivity index (χ0n) is 11.1. The summed E-state index contributed by atoms with van der Waals surface area (Å²) in [7, 11) is 0. The van der Waals surface area contributed by atoms with Gasteiger partial charge in [0.05, 0.1) is 0 Å². The Morgan fingerprint density at radius 3 is 3.00 bits per heavy atom. The molecule has 1 aromatic heterocycles. The number of hydrogen-bond donors (Lipinski definition) is 3. The molecule has 2 rings (SSSR count). The van der Waals surface area contributed by atoms with E-state index in [4.69, 9.17) is 10.9 Å². The monoisotopic (exact) mass is 293 g/mol. The van der Waals surface area contributed by atoms with Gasteiger partial charge in [-0.15, -0.1) is 5.10 Å². The normalized spacial score (nSPS) is 11.8. The number of aromatic nitrogens is 3. The van der Waals surface area contributed by atoms with E-state index in [1.165, 1.54) is 16.3 Å². The lowest BCUT2D eigenvalue weighted by atomic mass is 10.1. The smallest absolute Gasteiger partial charge is 0.343 e. The molecule has 0 saturated carbocycles. The Balaban J connectivity index is 2.47. The molecule has 8 heteroatoms. The van der Waals surface area contributed by atoms with Crippen LogP contribution < -0.4 is 11.4 Å². The third-order valence-electron chi connectivity index (χ3n) is 2.76. The van der Waals surface area contributed by atoms with E-state index in [0.29, 0.717) is 17.3 Å². The SMILES string of the molecule is CCn1c(Sc2cc(C)ccc2C(N)=NO)n[nH]c1=O. The Morgan fingerprint density at radius 2 is 2.35 bits per heavy atom. The van der Waals surface area contributed by atoms with E-state index < -0.39 is 0 Å². The lowest BCUT2D eigenvalue weighted by Crippen LogP contribution is -2.16. The molecule has 0 amide bonds.